The van der Waals surface area contributed by atoms with Gasteiger partial charge in [-0.3, -0.25) is 0 Å². The Morgan fingerprint density at radius 2 is 1.91 bits per heavy atom. The zero-order valence-electron chi connectivity index (χ0n) is 17.7. The second kappa shape index (κ2) is 9.50. The lowest BCUT2D eigenvalue weighted by atomic mass is 10.0. The molecule has 11 heteroatoms. The average Bonchev–Trinajstić information content (AvgIpc) is 3.17. The second-order valence-electron chi connectivity index (χ2n) is 7.38. The Bertz CT molecular complexity index is 1410. The molecule has 2 aromatic heterocycles. The van der Waals surface area contributed by atoms with Crippen molar-refractivity contribution >= 4 is 46.4 Å². The van der Waals surface area contributed by atoms with E-state index in [0.29, 0.717) is 40.6 Å². The summed E-state index contributed by atoms with van der Waals surface area (Å²) in [5, 5.41) is 8.07. The third kappa shape index (κ3) is 4.73. The third-order valence-corrected chi connectivity index (χ3v) is 7.35. The molecule has 0 spiro atoms. The minimum Gasteiger partial charge on any atom is -0.370 e. The minimum absolute atomic E-state index is 0.191. The van der Waals surface area contributed by atoms with Gasteiger partial charge in [0.25, 0.3) is 0 Å². The van der Waals surface area contributed by atoms with Crippen molar-refractivity contribution in [3.8, 4) is 11.3 Å². The molecule has 0 aliphatic carbocycles. The Morgan fingerprint density at radius 3 is 2.67 bits per heavy atom. The highest BCUT2D eigenvalue weighted by Crippen LogP contribution is 2.28. The van der Waals surface area contributed by atoms with E-state index in [0.717, 1.165) is 15.9 Å². The number of hydrogen-bond donors (Lipinski definition) is 1. The molecule has 4 rings (SSSR count). The van der Waals surface area contributed by atoms with E-state index in [1.165, 1.54) is 31.4 Å². The molecule has 1 N–H and O–H groups in total. The molecule has 0 saturated heterocycles. The van der Waals surface area contributed by atoms with E-state index in [9.17, 15) is 12.8 Å². The van der Waals surface area contributed by atoms with E-state index in [1.54, 1.807) is 16.6 Å². The van der Waals surface area contributed by atoms with Gasteiger partial charge in [-0.05, 0) is 30.1 Å². The van der Waals surface area contributed by atoms with E-state index in [-0.39, 0.29) is 11.4 Å². The molecule has 0 amide bonds. The predicted octanol–water partition coefficient (Wildman–Crippen LogP) is 3.11. The van der Waals surface area contributed by atoms with Crippen LogP contribution in [0.3, 0.4) is 0 Å². The highest BCUT2D eigenvalue weighted by molar-refractivity contribution is 7.89. The van der Waals surface area contributed by atoms with Crippen LogP contribution in [-0.2, 0) is 10.0 Å². The van der Waals surface area contributed by atoms with Crippen molar-refractivity contribution in [2.24, 2.45) is 0 Å². The summed E-state index contributed by atoms with van der Waals surface area (Å²) in [5.74, 6) is -0.142. The smallest absolute Gasteiger partial charge is 0.245 e. The van der Waals surface area contributed by atoms with E-state index in [4.69, 9.17) is 19.4 Å². The van der Waals surface area contributed by atoms with E-state index in [1.807, 2.05) is 18.2 Å². The number of hydrogen-bond acceptors (Lipinski definition) is 5. The molecule has 2 aromatic carbocycles. The molecule has 2 heterocycles. The van der Waals surface area contributed by atoms with E-state index < -0.39 is 15.8 Å². The zero-order chi connectivity index (χ0) is 23.6. The van der Waals surface area contributed by atoms with Gasteiger partial charge in [-0.15, -0.1) is 0 Å². The number of sulfonamides is 1. The van der Waals surface area contributed by atoms with Gasteiger partial charge in [-0.25, -0.2) is 22.1 Å². The maximum Gasteiger partial charge on any atom is 0.245 e. The first-order chi connectivity index (χ1) is 15.8. The van der Waals surface area contributed by atoms with Crippen LogP contribution in [0, 0.1) is 5.82 Å². The molecule has 0 bridgehead atoms. The van der Waals surface area contributed by atoms with Crippen molar-refractivity contribution in [2.45, 2.75) is 11.3 Å². The largest absolute Gasteiger partial charge is 0.370 e. The van der Waals surface area contributed by atoms with Gasteiger partial charge in [0.05, 0.1) is 5.69 Å². The summed E-state index contributed by atoms with van der Waals surface area (Å²) in [4.78, 5) is 4.24. The van der Waals surface area contributed by atoms with Gasteiger partial charge in [0.15, 0.2) is 5.65 Å². The molecule has 0 saturated carbocycles. The summed E-state index contributed by atoms with van der Waals surface area (Å²) in [6, 6.07) is 14.5. The standard InChI is InChI=1S/C22H20BClFN5O2S/c1-29(33(31,32)20-10-5-4-9-18(20)25)12-6-11-26-21-13-19(15-7-2-3-8-17(15)24)28-22-16(23)14-27-30(21)22/h2-5,7-10,13-14,26H,6,11-12H2,1H3. The van der Waals surface area contributed by atoms with Gasteiger partial charge < -0.3 is 5.32 Å². The topological polar surface area (TPSA) is 79.6 Å². The SMILES string of the molecule is [B]c1cnn2c(NCCCN(C)S(=O)(=O)c3ccccc3F)cc(-c3ccccc3Cl)nc12. The molecule has 0 aliphatic rings. The number of fused-ring (bicyclic) bond motifs is 1. The highest BCUT2D eigenvalue weighted by Gasteiger charge is 2.23. The first kappa shape index (κ1) is 23.2. The van der Waals surface area contributed by atoms with Gasteiger partial charge >= 0.3 is 0 Å². The molecule has 0 atom stereocenters. The summed E-state index contributed by atoms with van der Waals surface area (Å²) in [6.07, 6.45) is 1.98. The van der Waals surface area contributed by atoms with Crippen molar-refractivity contribution in [2.75, 3.05) is 25.5 Å². The predicted molar refractivity (Wildman–Crippen MR) is 128 cm³/mol. The van der Waals surface area contributed by atoms with Crippen LogP contribution < -0.4 is 10.8 Å². The lowest BCUT2D eigenvalue weighted by Crippen LogP contribution is -2.29. The summed E-state index contributed by atoms with van der Waals surface area (Å²) in [5.41, 5.74) is 2.28. The third-order valence-electron chi connectivity index (χ3n) is 5.13. The second-order valence-corrected chi connectivity index (χ2v) is 9.80. The highest BCUT2D eigenvalue weighted by atomic mass is 35.5. The fourth-order valence-electron chi connectivity index (χ4n) is 3.37. The molecular weight excluding hydrogens is 464 g/mol. The molecule has 168 valence electrons. The molecule has 33 heavy (non-hydrogen) atoms. The monoisotopic (exact) mass is 483 g/mol. The van der Waals surface area contributed by atoms with Crippen LogP contribution in [0.25, 0.3) is 16.9 Å². The van der Waals surface area contributed by atoms with Crippen LogP contribution in [0.2, 0.25) is 5.02 Å². The number of rotatable bonds is 8. The summed E-state index contributed by atoms with van der Waals surface area (Å²) in [6.45, 7) is 0.620. The number of benzene rings is 2. The Kier molecular flexibility index (Phi) is 6.69. The summed E-state index contributed by atoms with van der Waals surface area (Å²) in [7, 11) is 3.53. The Labute approximate surface area is 197 Å². The first-order valence-electron chi connectivity index (χ1n) is 10.1. The van der Waals surface area contributed by atoms with Crippen molar-refractivity contribution in [1.29, 1.82) is 0 Å². The molecule has 7 nitrogen and oxygen atoms in total. The first-order valence-corrected chi connectivity index (χ1v) is 11.9. The number of nitrogens with one attached hydrogen (secondary N) is 1. The van der Waals surface area contributed by atoms with Crippen LogP contribution in [0.1, 0.15) is 6.42 Å². The molecule has 0 aliphatic heterocycles. The van der Waals surface area contributed by atoms with Crippen LogP contribution in [0.15, 0.2) is 65.7 Å². The number of aromatic nitrogens is 3. The van der Waals surface area contributed by atoms with Gasteiger partial charge in [0.1, 0.15) is 24.4 Å². The summed E-state index contributed by atoms with van der Waals surface area (Å²) >= 11 is 6.34. The summed E-state index contributed by atoms with van der Waals surface area (Å²) < 4.78 is 42.0. The Balaban J connectivity index is 1.50. The van der Waals surface area contributed by atoms with Crippen molar-refractivity contribution < 1.29 is 12.8 Å². The van der Waals surface area contributed by atoms with Crippen LogP contribution >= 0.6 is 11.6 Å². The molecule has 0 unspecified atom stereocenters. The molecular formula is C22H20BClFN5O2S. The molecule has 2 radical (unpaired) electrons. The van der Waals surface area contributed by atoms with Crippen molar-refractivity contribution in [3.63, 3.8) is 0 Å². The number of halogens is 2. The van der Waals surface area contributed by atoms with Crippen LogP contribution in [-0.4, -0.2) is 55.3 Å². The number of nitrogens with zero attached hydrogens (tertiary/aromatic N) is 4. The maximum absolute atomic E-state index is 14.0. The van der Waals surface area contributed by atoms with Gasteiger partial charge in [0.2, 0.25) is 10.0 Å². The van der Waals surface area contributed by atoms with Crippen LogP contribution in [0.4, 0.5) is 10.2 Å². The lowest BCUT2D eigenvalue weighted by Gasteiger charge is -2.18. The van der Waals surface area contributed by atoms with Crippen molar-refractivity contribution in [3.05, 3.63) is 71.6 Å². The average molecular weight is 484 g/mol. The van der Waals surface area contributed by atoms with E-state index in [2.05, 4.69) is 15.4 Å². The quantitative estimate of drug-likeness (QED) is 0.308. The van der Waals surface area contributed by atoms with E-state index >= 15 is 0 Å². The lowest BCUT2D eigenvalue weighted by molar-refractivity contribution is 0.459. The van der Waals surface area contributed by atoms with Gasteiger partial charge in [0, 0.05) is 43.0 Å². The minimum atomic E-state index is -3.92. The number of anilines is 1. The zero-order valence-corrected chi connectivity index (χ0v) is 19.3. The maximum atomic E-state index is 14.0. The van der Waals surface area contributed by atoms with Gasteiger partial charge in [-0.2, -0.15) is 9.61 Å². The fourth-order valence-corrected chi connectivity index (χ4v) is 4.88. The molecule has 0 fully saturated rings. The Morgan fingerprint density at radius 1 is 1.18 bits per heavy atom. The molecule has 4 aromatic rings. The van der Waals surface area contributed by atoms with Crippen LogP contribution in [0.5, 0.6) is 0 Å². The van der Waals surface area contributed by atoms with Gasteiger partial charge in [-0.1, -0.05) is 41.9 Å². The Hall–Kier alpha value is -2.95. The fraction of sp³-hybridized carbons (Fsp3) is 0.182. The normalized spacial score (nSPS) is 11.9. The van der Waals surface area contributed by atoms with Crippen molar-refractivity contribution in [1.82, 2.24) is 18.9 Å².